The third-order valence-electron chi connectivity index (χ3n) is 4.41. The summed E-state index contributed by atoms with van der Waals surface area (Å²) in [5.41, 5.74) is 10.7. The molecule has 0 atom stereocenters. The van der Waals surface area contributed by atoms with Crippen LogP contribution in [-0.4, -0.2) is 21.9 Å². The molecule has 0 unspecified atom stereocenters. The van der Waals surface area contributed by atoms with Crippen LogP contribution in [0.2, 0.25) is 0 Å². The first kappa shape index (κ1) is 17.6. The van der Waals surface area contributed by atoms with Gasteiger partial charge in [0.25, 0.3) is 5.91 Å². The average molecular weight is 372 g/mol. The topological polar surface area (TPSA) is 81.6 Å². The van der Waals surface area contributed by atoms with Crippen molar-refractivity contribution in [3.63, 3.8) is 0 Å². The van der Waals surface area contributed by atoms with E-state index in [1.807, 2.05) is 78.3 Å². The molecule has 2 aromatic heterocycles. The minimum atomic E-state index is -0.223. The number of amides is 1. The molecule has 6 nitrogen and oxygen atoms in total. The predicted molar refractivity (Wildman–Crippen MR) is 110 cm³/mol. The SMILES string of the molecule is Cc1ccccc1NC(=O)COc1cccn2cc(-c3cccc(N)c3)nc12. The number of carbonyl (C=O) groups excluding carboxylic acids is 1. The van der Waals surface area contributed by atoms with Crippen LogP contribution in [0.25, 0.3) is 16.9 Å². The first-order valence-corrected chi connectivity index (χ1v) is 8.92. The van der Waals surface area contributed by atoms with Crippen molar-refractivity contribution >= 4 is 22.9 Å². The highest BCUT2D eigenvalue weighted by Gasteiger charge is 2.11. The van der Waals surface area contributed by atoms with Gasteiger partial charge in [-0.1, -0.05) is 30.3 Å². The molecule has 6 heteroatoms. The molecule has 0 radical (unpaired) electrons. The fraction of sp³-hybridized carbons (Fsp3) is 0.0909. The fourth-order valence-electron chi connectivity index (χ4n) is 2.98. The number of fused-ring (bicyclic) bond motifs is 1. The van der Waals surface area contributed by atoms with Crippen LogP contribution >= 0.6 is 0 Å². The van der Waals surface area contributed by atoms with Crippen LogP contribution in [-0.2, 0) is 4.79 Å². The van der Waals surface area contributed by atoms with Crippen molar-refractivity contribution in [1.29, 1.82) is 0 Å². The summed E-state index contributed by atoms with van der Waals surface area (Å²) < 4.78 is 7.61. The minimum Gasteiger partial charge on any atom is -0.480 e. The van der Waals surface area contributed by atoms with Crippen molar-refractivity contribution in [3.8, 4) is 17.0 Å². The number of hydrogen-bond donors (Lipinski definition) is 2. The smallest absolute Gasteiger partial charge is 0.262 e. The Morgan fingerprint density at radius 3 is 2.82 bits per heavy atom. The maximum atomic E-state index is 12.3. The Labute approximate surface area is 162 Å². The molecule has 1 amide bonds. The van der Waals surface area contributed by atoms with Gasteiger partial charge in [0.1, 0.15) is 0 Å². The van der Waals surface area contributed by atoms with Crippen LogP contribution in [0.4, 0.5) is 11.4 Å². The van der Waals surface area contributed by atoms with E-state index in [-0.39, 0.29) is 12.5 Å². The second-order valence-corrected chi connectivity index (χ2v) is 6.51. The van der Waals surface area contributed by atoms with Gasteiger partial charge in [-0.15, -0.1) is 0 Å². The van der Waals surface area contributed by atoms with Crippen molar-refractivity contribution in [1.82, 2.24) is 9.38 Å². The molecule has 0 aliphatic carbocycles. The number of rotatable bonds is 5. The number of pyridine rings is 1. The van der Waals surface area contributed by atoms with Crippen LogP contribution in [0, 0.1) is 6.92 Å². The zero-order valence-corrected chi connectivity index (χ0v) is 15.4. The van der Waals surface area contributed by atoms with Crippen LogP contribution < -0.4 is 15.8 Å². The van der Waals surface area contributed by atoms with Crippen LogP contribution in [0.5, 0.6) is 5.75 Å². The van der Waals surface area contributed by atoms with E-state index in [0.717, 1.165) is 22.5 Å². The van der Waals surface area contributed by atoms with Gasteiger partial charge in [-0.3, -0.25) is 4.79 Å². The Morgan fingerprint density at radius 2 is 2.00 bits per heavy atom. The Kier molecular flexibility index (Phi) is 4.68. The summed E-state index contributed by atoms with van der Waals surface area (Å²) in [5, 5.41) is 2.86. The van der Waals surface area contributed by atoms with E-state index in [1.54, 1.807) is 6.07 Å². The lowest BCUT2D eigenvalue weighted by molar-refractivity contribution is -0.118. The summed E-state index contributed by atoms with van der Waals surface area (Å²) in [4.78, 5) is 16.9. The third kappa shape index (κ3) is 3.66. The lowest BCUT2D eigenvalue weighted by Gasteiger charge is -2.09. The van der Waals surface area contributed by atoms with Crippen LogP contribution in [0.15, 0.2) is 73.1 Å². The van der Waals surface area contributed by atoms with Gasteiger partial charge in [0.05, 0.1) is 5.69 Å². The maximum Gasteiger partial charge on any atom is 0.262 e. The summed E-state index contributed by atoms with van der Waals surface area (Å²) in [6, 6.07) is 18.8. The second kappa shape index (κ2) is 7.44. The van der Waals surface area contributed by atoms with E-state index in [4.69, 9.17) is 10.5 Å². The molecule has 0 spiro atoms. The summed E-state index contributed by atoms with van der Waals surface area (Å²) >= 11 is 0. The molecule has 4 aromatic rings. The van der Waals surface area contributed by atoms with E-state index < -0.39 is 0 Å². The molecule has 3 N–H and O–H groups in total. The van der Waals surface area contributed by atoms with Crippen molar-refractivity contribution in [2.24, 2.45) is 0 Å². The van der Waals surface area contributed by atoms with Crippen molar-refractivity contribution < 1.29 is 9.53 Å². The second-order valence-electron chi connectivity index (χ2n) is 6.51. The minimum absolute atomic E-state index is 0.103. The highest BCUT2D eigenvalue weighted by Crippen LogP contribution is 2.25. The average Bonchev–Trinajstić information content (AvgIpc) is 3.13. The molecule has 0 saturated carbocycles. The van der Waals surface area contributed by atoms with Gasteiger partial charge in [-0.25, -0.2) is 4.98 Å². The van der Waals surface area contributed by atoms with E-state index >= 15 is 0 Å². The van der Waals surface area contributed by atoms with Gasteiger partial charge < -0.3 is 20.2 Å². The fourth-order valence-corrected chi connectivity index (χ4v) is 2.98. The summed E-state index contributed by atoms with van der Waals surface area (Å²) in [6.07, 6.45) is 3.79. The Bertz CT molecular complexity index is 1150. The number of nitrogens with two attached hydrogens (primary N) is 1. The monoisotopic (exact) mass is 372 g/mol. The number of para-hydroxylation sites is 1. The number of aromatic nitrogens is 2. The van der Waals surface area contributed by atoms with Gasteiger partial charge >= 0.3 is 0 Å². The van der Waals surface area contributed by atoms with Crippen molar-refractivity contribution in [3.05, 3.63) is 78.6 Å². The number of nitrogens with one attached hydrogen (secondary N) is 1. The van der Waals surface area contributed by atoms with E-state index in [1.165, 1.54) is 0 Å². The molecule has 2 heterocycles. The van der Waals surface area contributed by atoms with E-state index in [9.17, 15) is 4.79 Å². The highest BCUT2D eigenvalue weighted by molar-refractivity contribution is 5.92. The van der Waals surface area contributed by atoms with Crippen LogP contribution in [0.3, 0.4) is 0 Å². The van der Waals surface area contributed by atoms with Gasteiger partial charge in [-0.05, 0) is 42.8 Å². The number of ether oxygens (including phenoxy) is 1. The quantitative estimate of drug-likeness (QED) is 0.521. The van der Waals surface area contributed by atoms with Crippen molar-refractivity contribution in [2.75, 3.05) is 17.7 Å². The third-order valence-corrected chi connectivity index (χ3v) is 4.41. The van der Waals surface area contributed by atoms with E-state index in [0.29, 0.717) is 17.1 Å². The number of carbonyl (C=O) groups is 1. The molecule has 4 rings (SSSR count). The summed E-state index contributed by atoms with van der Waals surface area (Å²) in [5.74, 6) is 0.316. The van der Waals surface area contributed by atoms with Gasteiger partial charge in [0.2, 0.25) is 0 Å². The zero-order valence-electron chi connectivity index (χ0n) is 15.4. The molecule has 2 aromatic carbocycles. The van der Waals surface area contributed by atoms with Crippen LogP contribution in [0.1, 0.15) is 5.56 Å². The zero-order chi connectivity index (χ0) is 19.5. The summed E-state index contributed by atoms with van der Waals surface area (Å²) in [6.45, 7) is 1.84. The molecular formula is C22H20N4O2. The normalized spacial score (nSPS) is 10.8. The Morgan fingerprint density at radius 1 is 1.14 bits per heavy atom. The number of nitrogens with zero attached hydrogens (tertiary/aromatic N) is 2. The number of imidazole rings is 1. The number of hydrogen-bond acceptors (Lipinski definition) is 4. The van der Waals surface area contributed by atoms with Gasteiger partial charge in [0.15, 0.2) is 18.0 Å². The first-order chi connectivity index (χ1) is 13.6. The largest absolute Gasteiger partial charge is 0.480 e. The molecule has 28 heavy (non-hydrogen) atoms. The molecule has 0 bridgehead atoms. The number of aryl methyl sites for hydroxylation is 1. The molecule has 140 valence electrons. The van der Waals surface area contributed by atoms with Crippen molar-refractivity contribution in [2.45, 2.75) is 6.92 Å². The molecule has 0 aliphatic rings. The number of anilines is 2. The molecular weight excluding hydrogens is 352 g/mol. The maximum absolute atomic E-state index is 12.3. The number of benzene rings is 2. The summed E-state index contributed by atoms with van der Waals surface area (Å²) in [7, 11) is 0. The lowest BCUT2D eigenvalue weighted by Crippen LogP contribution is -2.20. The molecule has 0 saturated heterocycles. The lowest BCUT2D eigenvalue weighted by atomic mass is 10.1. The Balaban J connectivity index is 1.52. The van der Waals surface area contributed by atoms with Gasteiger partial charge in [0, 0.05) is 29.3 Å². The Hall–Kier alpha value is -3.80. The number of nitrogen functional groups attached to an aromatic ring is 1. The molecule has 0 fully saturated rings. The predicted octanol–water partition coefficient (Wildman–Crippen LogP) is 3.91. The standard InChI is InChI=1S/C22H20N4O2/c1-15-6-2-3-9-18(15)24-21(27)14-28-20-10-5-11-26-13-19(25-22(20)26)16-7-4-8-17(23)12-16/h2-13H,14,23H2,1H3,(H,24,27). The van der Waals surface area contributed by atoms with E-state index in [2.05, 4.69) is 10.3 Å². The first-order valence-electron chi connectivity index (χ1n) is 8.92. The molecule has 0 aliphatic heterocycles. The highest BCUT2D eigenvalue weighted by atomic mass is 16.5. The van der Waals surface area contributed by atoms with Gasteiger partial charge in [-0.2, -0.15) is 0 Å².